The maximum Gasteiger partial charge on any atom is 0.247 e. The molecule has 2 aromatic heterocycles. The Hall–Kier alpha value is -2.48. The number of benzene rings is 1. The van der Waals surface area contributed by atoms with Crippen LogP contribution in [0.15, 0.2) is 24.8 Å². The Labute approximate surface area is 124 Å². The highest BCUT2D eigenvalue weighted by Gasteiger charge is 2.13. The van der Waals surface area contributed by atoms with E-state index in [9.17, 15) is 4.79 Å². The summed E-state index contributed by atoms with van der Waals surface area (Å²) in [5.41, 5.74) is 1.86. The summed E-state index contributed by atoms with van der Waals surface area (Å²) in [7, 11) is 1.60. The van der Waals surface area contributed by atoms with Crippen LogP contribution in [0.2, 0.25) is 0 Å². The molecule has 0 radical (unpaired) electrons. The van der Waals surface area contributed by atoms with E-state index in [1.165, 1.54) is 28.7 Å². The predicted molar refractivity (Wildman–Crippen MR) is 79.6 cm³/mol. The number of hydrogen-bond acceptors (Lipinski definition) is 6. The van der Waals surface area contributed by atoms with Crippen LogP contribution in [0.3, 0.4) is 0 Å². The topological polar surface area (TPSA) is 81.9 Å². The molecule has 0 unspecified atom stereocenters. The van der Waals surface area contributed by atoms with Crippen molar-refractivity contribution in [2.75, 3.05) is 12.4 Å². The monoisotopic (exact) mass is 303 g/mol. The number of fused-ring (bicyclic) bond motifs is 1. The standard InChI is InChI=1S/C13H13N5O2S/c1-8-3-4-9(20-2)11-12(8)21-13(17-11)16-10(19)5-18-7-14-6-15-18/h3-4,6-7H,5H2,1-2H3,(H,16,17,19). The van der Waals surface area contributed by atoms with E-state index in [0.717, 1.165) is 15.8 Å². The van der Waals surface area contributed by atoms with Gasteiger partial charge in [0.05, 0.1) is 11.8 Å². The van der Waals surface area contributed by atoms with Gasteiger partial charge in [-0.05, 0) is 18.6 Å². The third-order valence-electron chi connectivity index (χ3n) is 2.94. The first-order chi connectivity index (χ1) is 10.2. The van der Waals surface area contributed by atoms with Crippen molar-refractivity contribution in [2.45, 2.75) is 13.5 Å². The van der Waals surface area contributed by atoms with Crippen molar-refractivity contribution in [3.05, 3.63) is 30.4 Å². The molecule has 1 aromatic carbocycles. The molecule has 2 heterocycles. The van der Waals surface area contributed by atoms with Gasteiger partial charge in [0.1, 0.15) is 30.5 Å². The second-order valence-electron chi connectivity index (χ2n) is 4.42. The summed E-state index contributed by atoms with van der Waals surface area (Å²) in [4.78, 5) is 20.2. The minimum absolute atomic E-state index is 0.103. The fraction of sp³-hybridized carbons (Fsp3) is 0.231. The molecule has 3 aromatic rings. The molecule has 0 spiro atoms. The Kier molecular flexibility index (Phi) is 3.53. The van der Waals surface area contributed by atoms with Crippen LogP contribution in [0, 0.1) is 6.92 Å². The zero-order chi connectivity index (χ0) is 14.8. The van der Waals surface area contributed by atoms with Crippen molar-refractivity contribution >= 4 is 32.6 Å². The van der Waals surface area contributed by atoms with E-state index in [1.807, 2.05) is 19.1 Å². The van der Waals surface area contributed by atoms with Gasteiger partial charge in [0.15, 0.2) is 5.13 Å². The largest absolute Gasteiger partial charge is 0.494 e. The molecule has 7 nitrogen and oxygen atoms in total. The lowest BCUT2D eigenvalue weighted by Gasteiger charge is -2.01. The number of anilines is 1. The van der Waals surface area contributed by atoms with Crippen molar-refractivity contribution in [3.63, 3.8) is 0 Å². The fourth-order valence-corrected chi connectivity index (χ4v) is 2.92. The smallest absolute Gasteiger partial charge is 0.247 e. The quantitative estimate of drug-likeness (QED) is 0.795. The lowest BCUT2D eigenvalue weighted by molar-refractivity contribution is -0.116. The number of ether oxygens (including phenoxy) is 1. The molecule has 21 heavy (non-hydrogen) atoms. The Bertz CT molecular complexity index is 781. The highest BCUT2D eigenvalue weighted by molar-refractivity contribution is 7.22. The first kappa shape index (κ1) is 13.5. The van der Waals surface area contributed by atoms with Crippen LogP contribution >= 0.6 is 11.3 Å². The van der Waals surface area contributed by atoms with E-state index in [0.29, 0.717) is 10.9 Å². The minimum atomic E-state index is -0.198. The van der Waals surface area contributed by atoms with Gasteiger partial charge in [0, 0.05) is 0 Å². The summed E-state index contributed by atoms with van der Waals surface area (Å²) in [5, 5.41) is 7.21. The van der Waals surface area contributed by atoms with Gasteiger partial charge in [0.25, 0.3) is 0 Å². The molecule has 0 atom stereocenters. The molecular weight excluding hydrogens is 290 g/mol. The molecular formula is C13H13N5O2S. The van der Waals surface area contributed by atoms with Crippen molar-refractivity contribution in [2.24, 2.45) is 0 Å². The number of nitrogens with one attached hydrogen (secondary N) is 1. The molecule has 1 amide bonds. The maximum absolute atomic E-state index is 11.9. The first-order valence-corrected chi connectivity index (χ1v) is 7.05. The van der Waals surface area contributed by atoms with Crippen molar-refractivity contribution < 1.29 is 9.53 Å². The molecule has 0 aliphatic rings. The highest BCUT2D eigenvalue weighted by atomic mass is 32.1. The zero-order valence-corrected chi connectivity index (χ0v) is 12.3. The molecule has 0 fully saturated rings. The van der Waals surface area contributed by atoms with Crippen LogP contribution in [-0.2, 0) is 11.3 Å². The number of aryl methyl sites for hydroxylation is 1. The Morgan fingerprint density at radius 1 is 1.48 bits per heavy atom. The number of methoxy groups -OCH3 is 1. The average Bonchev–Trinajstić information content (AvgIpc) is 3.09. The van der Waals surface area contributed by atoms with E-state index >= 15 is 0 Å². The van der Waals surface area contributed by atoms with E-state index < -0.39 is 0 Å². The van der Waals surface area contributed by atoms with Crippen LogP contribution in [-0.4, -0.2) is 32.8 Å². The SMILES string of the molecule is COc1ccc(C)c2sc(NC(=O)Cn3cncn3)nc12. The number of carbonyl (C=O) groups is 1. The summed E-state index contributed by atoms with van der Waals surface area (Å²) < 4.78 is 7.75. The van der Waals surface area contributed by atoms with E-state index in [1.54, 1.807) is 7.11 Å². The summed E-state index contributed by atoms with van der Waals surface area (Å²) >= 11 is 1.43. The number of thiazole rings is 1. The van der Waals surface area contributed by atoms with Crippen LogP contribution in [0.5, 0.6) is 5.75 Å². The van der Waals surface area contributed by atoms with Gasteiger partial charge in [-0.2, -0.15) is 5.10 Å². The van der Waals surface area contributed by atoms with Crippen LogP contribution < -0.4 is 10.1 Å². The molecule has 3 rings (SSSR count). The normalized spacial score (nSPS) is 10.8. The highest BCUT2D eigenvalue weighted by Crippen LogP contribution is 2.34. The predicted octanol–water partition coefficient (Wildman–Crippen LogP) is 1.84. The summed E-state index contributed by atoms with van der Waals surface area (Å²) in [6.45, 7) is 2.10. The average molecular weight is 303 g/mol. The van der Waals surface area contributed by atoms with Gasteiger partial charge in [-0.15, -0.1) is 0 Å². The first-order valence-electron chi connectivity index (χ1n) is 6.24. The lowest BCUT2D eigenvalue weighted by atomic mass is 10.2. The van der Waals surface area contributed by atoms with E-state index in [2.05, 4.69) is 20.4 Å². The van der Waals surface area contributed by atoms with Gasteiger partial charge in [-0.1, -0.05) is 17.4 Å². The summed E-state index contributed by atoms with van der Waals surface area (Å²) in [6.07, 6.45) is 2.88. The third kappa shape index (κ3) is 2.70. The molecule has 1 N–H and O–H groups in total. The Balaban J connectivity index is 1.84. The molecule has 0 saturated heterocycles. The molecule has 0 saturated carbocycles. The maximum atomic E-state index is 11.9. The minimum Gasteiger partial charge on any atom is -0.494 e. The fourth-order valence-electron chi connectivity index (χ4n) is 1.95. The van der Waals surface area contributed by atoms with Crippen molar-refractivity contribution in [1.29, 1.82) is 0 Å². The number of amides is 1. The number of hydrogen-bond donors (Lipinski definition) is 1. The molecule has 8 heteroatoms. The number of aromatic nitrogens is 4. The molecule has 0 aliphatic carbocycles. The number of carbonyl (C=O) groups excluding carboxylic acids is 1. The van der Waals surface area contributed by atoms with Gasteiger partial charge < -0.3 is 10.1 Å². The summed E-state index contributed by atoms with van der Waals surface area (Å²) in [5.74, 6) is 0.500. The van der Waals surface area contributed by atoms with E-state index in [4.69, 9.17) is 4.74 Å². The lowest BCUT2D eigenvalue weighted by Crippen LogP contribution is -2.18. The second kappa shape index (κ2) is 5.49. The Morgan fingerprint density at radius 3 is 3.05 bits per heavy atom. The number of rotatable bonds is 4. The zero-order valence-electron chi connectivity index (χ0n) is 11.5. The molecule has 0 aliphatic heterocycles. The van der Waals surface area contributed by atoms with E-state index in [-0.39, 0.29) is 12.5 Å². The van der Waals surface area contributed by atoms with Gasteiger partial charge in [-0.25, -0.2) is 14.6 Å². The molecule has 0 bridgehead atoms. The van der Waals surface area contributed by atoms with Crippen LogP contribution in [0.4, 0.5) is 5.13 Å². The molecule has 108 valence electrons. The Morgan fingerprint density at radius 2 is 2.33 bits per heavy atom. The van der Waals surface area contributed by atoms with Crippen molar-refractivity contribution in [3.8, 4) is 5.75 Å². The third-order valence-corrected chi connectivity index (χ3v) is 4.05. The van der Waals surface area contributed by atoms with Crippen molar-refractivity contribution in [1.82, 2.24) is 19.7 Å². The van der Waals surface area contributed by atoms with Gasteiger partial charge in [0.2, 0.25) is 5.91 Å². The van der Waals surface area contributed by atoms with Gasteiger partial charge >= 0.3 is 0 Å². The second-order valence-corrected chi connectivity index (χ2v) is 5.42. The summed E-state index contributed by atoms with van der Waals surface area (Å²) in [6, 6.07) is 3.85. The number of nitrogens with zero attached hydrogens (tertiary/aromatic N) is 4. The van der Waals surface area contributed by atoms with Crippen LogP contribution in [0.1, 0.15) is 5.56 Å². The van der Waals surface area contributed by atoms with Crippen LogP contribution in [0.25, 0.3) is 10.2 Å². The van der Waals surface area contributed by atoms with Gasteiger partial charge in [-0.3, -0.25) is 4.79 Å².